The van der Waals surface area contributed by atoms with Gasteiger partial charge in [-0.25, -0.2) is 13.3 Å². The minimum absolute atomic E-state index is 0.182. The van der Waals surface area contributed by atoms with Gasteiger partial charge >= 0.3 is 0 Å². The highest BCUT2D eigenvalue weighted by Crippen LogP contribution is 2.38. The van der Waals surface area contributed by atoms with Crippen LogP contribution in [0, 0.1) is 34.6 Å². The first-order chi connectivity index (χ1) is 15.2. The molecule has 0 spiro atoms. The fraction of sp³-hybridized carbons (Fsp3) is 0.462. The average Bonchev–Trinajstić information content (AvgIpc) is 3.00. The maximum atomic E-state index is 14.3. The molecular formula is C26H34N2O4S. The monoisotopic (exact) mass is 470 g/mol. The SMILES string of the molecule is CCC(C)(C)N(C1CC(=O)N(c2ccc(C)cc2)C1=O)S(=O)(=O)c1c(C)c(C)cc(C)c1C. The summed E-state index contributed by atoms with van der Waals surface area (Å²) in [6, 6.07) is 7.97. The summed E-state index contributed by atoms with van der Waals surface area (Å²) in [7, 11) is -4.10. The summed E-state index contributed by atoms with van der Waals surface area (Å²) < 4.78 is 29.8. The third-order valence-electron chi connectivity index (χ3n) is 6.97. The molecule has 6 nitrogen and oxygen atoms in total. The molecule has 0 bridgehead atoms. The van der Waals surface area contributed by atoms with Crippen LogP contribution in [0.25, 0.3) is 0 Å². The molecular weight excluding hydrogens is 436 g/mol. The van der Waals surface area contributed by atoms with Gasteiger partial charge in [-0.3, -0.25) is 9.59 Å². The molecule has 2 aromatic rings. The topological polar surface area (TPSA) is 74.8 Å². The molecule has 1 aliphatic rings. The van der Waals surface area contributed by atoms with Gasteiger partial charge in [0.05, 0.1) is 17.0 Å². The number of hydrogen-bond acceptors (Lipinski definition) is 4. The number of sulfonamides is 1. The Kier molecular flexibility index (Phi) is 6.61. The largest absolute Gasteiger partial charge is 0.274 e. The quantitative estimate of drug-likeness (QED) is 0.572. The Morgan fingerprint density at radius 3 is 1.97 bits per heavy atom. The predicted molar refractivity (Wildman–Crippen MR) is 131 cm³/mol. The van der Waals surface area contributed by atoms with Gasteiger partial charge < -0.3 is 0 Å². The molecule has 1 fully saturated rings. The lowest BCUT2D eigenvalue weighted by molar-refractivity contribution is -0.122. The van der Waals surface area contributed by atoms with E-state index in [1.807, 2.05) is 59.7 Å². The Balaban J connectivity index is 2.19. The molecule has 2 amide bonds. The molecule has 178 valence electrons. The van der Waals surface area contributed by atoms with E-state index in [4.69, 9.17) is 0 Å². The minimum Gasteiger partial charge on any atom is -0.274 e. The molecule has 1 aliphatic heterocycles. The Morgan fingerprint density at radius 1 is 0.970 bits per heavy atom. The van der Waals surface area contributed by atoms with E-state index in [9.17, 15) is 18.0 Å². The van der Waals surface area contributed by atoms with E-state index in [1.165, 1.54) is 4.31 Å². The van der Waals surface area contributed by atoms with Crippen molar-refractivity contribution in [2.24, 2.45) is 0 Å². The maximum Gasteiger partial charge on any atom is 0.252 e. The molecule has 7 heteroatoms. The summed E-state index contributed by atoms with van der Waals surface area (Å²) >= 11 is 0. The second-order valence-corrected chi connectivity index (χ2v) is 11.4. The number of rotatable bonds is 6. The van der Waals surface area contributed by atoms with Gasteiger partial charge in [0.1, 0.15) is 6.04 Å². The Labute approximate surface area is 197 Å². The second kappa shape index (κ2) is 8.69. The third-order valence-corrected chi connectivity index (χ3v) is 9.37. The normalized spacial score (nSPS) is 17.4. The second-order valence-electron chi connectivity index (χ2n) is 9.68. The lowest BCUT2D eigenvalue weighted by Gasteiger charge is -2.40. The summed E-state index contributed by atoms with van der Waals surface area (Å²) in [6.45, 7) is 14.8. The van der Waals surface area contributed by atoms with Gasteiger partial charge in [0.2, 0.25) is 15.9 Å². The molecule has 0 aromatic heterocycles. The highest BCUT2D eigenvalue weighted by molar-refractivity contribution is 7.89. The van der Waals surface area contributed by atoms with Crippen LogP contribution >= 0.6 is 0 Å². The van der Waals surface area contributed by atoms with Crippen molar-refractivity contribution >= 4 is 27.5 Å². The van der Waals surface area contributed by atoms with Crippen LogP contribution in [0.2, 0.25) is 0 Å². The van der Waals surface area contributed by atoms with Crippen molar-refractivity contribution in [1.82, 2.24) is 4.31 Å². The predicted octanol–water partition coefficient (Wildman–Crippen LogP) is 4.74. The van der Waals surface area contributed by atoms with Crippen LogP contribution in [-0.2, 0) is 19.6 Å². The molecule has 0 saturated carbocycles. The number of aryl methyl sites for hydroxylation is 3. The third kappa shape index (κ3) is 4.24. The van der Waals surface area contributed by atoms with E-state index in [-0.39, 0.29) is 11.3 Å². The van der Waals surface area contributed by atoms with Crippen molar-refractivity contribution in [2.75, 3.05) is 4.90 Å². The Bertz CT molecular complexity index is 1190. The number of nitrogens with zero attached hydrogens (tertiary/aromatic N) is 2. The molecule has 1 atom stereocenters. The van der Waals surface area contributed by atoms with Crippen LogP contribution in [0.4, 0.5) is 5.69 Å². The number of carbonyl (C=O) groups is 2. The smallest absolute Gasteiger partial charge is 0.252 e. The van der Waals surface area contributed by atoms with Crippen LogP contribution in [-0.4, -0.2) is 36.1 Å². The number of imide groups is 1. The molecule has 1 heterocycles. The first kappa shape index (κ1) is 25.1. The number of benzene rings is 2. The number of carbonyl (C=O) groups excluding carboxylic acids is 2. The maximum absolute atomic E-state index is 14.3. The van der Waals surface area contributed by atoms with Crippen LogP contribution in [0.5, 0.6) is 0 Å². The van der Waals surface area contributed by atoms with E-state index in [0.29, 0.717) is 23.2 Å². The first-order valence-electron chi connectivity index (χ1n) is 11.3. The van der Waals surface area contributed by atoms with E-state index < -0.39 is 33.4 Å². The van der Waals surface area contributed by atoms with Gasteiger partial charge in [0, 0.05) is 5.54 Å². The van der Waals surface area contributed by atoms with Crippen LogP contribution in [0.3, 0.4) is 0 Å². The summed E-state index contributed by atoms with van der Waals surface area (Å²) in [4.78, 5) is 27.9. The Morgan fingerprint density at radius 2 is 1.48 bits per heavy atom. The van der Waals surface area contributed by atoms with Crippen LogP contribution in [0.15, 0.2) is 35.2 Å². The molecule has 2 aromatic carbocycles. The number of amides is 2. The van der Waals surface area contributed by atoms with Crippen molar-refractivity contribution < 1.29 is 18.0 Å². The van der Waals surface area contributed by atoms with Gasteiger partial charge in [0.15, 0.2) is 0 Å². The average molecular weight is 471 g/mol. The number of hydrogen-bond donors (Lipinski definition) is 0. The zero-order valence-electron chi connectivity index (χ0n) is 20.8. The molecule has 0 aliphatic carbocycles. The summed E-state index contributed by atoms with van der Waals surface area (Å²) in [5.74, 6) is -0.900. The van der Waals surface area contributed by atoms with Gasteiger partial charge in [0.25, 0.3) is 5.91 Å². The van der Waals surface area contributed by atoms with Crippen molar-refractivity contribution in [2.45, 2.75) is 84.7 Å². The van der Waals surface area contributed by atoms with Gasteiger partial charge in [-0.15, -0.1) is 0 Å². The summed E-state index contributed by atoms with van der Waals surface area (Å²) in [5, 5.41) is 0. The van der Waals surface area contributed by atoms with Crippen molar-refractivity contribution in [3.63, 3.8) is 0 Å². The molecule has 0 N–H and O–H groups in total. The Hall–Kier alpha value is -2.51. The molecule has 0 radical (unpaired) electrons. The number of anilines is 1. The van der Waals surface area contributed by atoms with Crippen molar-refractivity contribution in [3.05, 3.63) is 58.1 Å². The highest BCUT2D eigenvalue weighted by Gasteiger charge is 2.52. The van der Waals surface area contributed by atoms with Gasteiger partial charge in [-0.1, -0.05) is 30.7 Å². The first-order valence-corrected chi connectivity index (χ1v) is 12.7. The zero-order chi connectivity index (χ0) is 24.9. The molecule has 1 unspecified atom stereocenters. The minimum atomic E-state index is -4.10. The van der Waals surface area contributed by atoms with E-state index in [2.05, 4.69) is 0 Å². The lowest BCUT2D eigenvalue weighted by Crippen LogP contribution is -2.55. The fourth-order valence-corrected chi connectivity index (χ4v) is 7.07. The molecule has 33 heavy (non-hydrogen) atoms. The van der Waals surface area contributed by atoms with Crippen LogP contribution in [0.1, 0.15) is 61.4 Å². The lowest BCUT2D eigenvalue weighted by atomic mass is 10.00. The van der Waals surface area contributed by atoms with E-state index in [1.54, 1.807) is 26.0 Å². The van der Waals surface area contributed by atoms with Crippen molar-refractivity contribution in [3.8, 4) is 0 Å². The zero-order valence-corrected chi connectivity index (χ0v) is 21.6. The summed E-state index contributed by atoms with van der Waals surface area (Å²) in [5.41, 5.74) is 3.68. The van der Waals surface area contributed by atoms with Gasteiger partial charge in [-0.05, 0) is 89.3 Å². The van der Waals surface area contributed by atoms with E-state index in [0.717, 1.165) is 21.6 Å². The highest BCUT2D eigenvalue weighted by atomic mass is 32.2. The molecule has 1 saturated heterocycles. The summed E-state index contributed by atoms with van der Waals surface area (Å²) in [6.07, 6.45) is 0.301. The molecule has 3 rings (SSSR count). The van der Waals surface area contributed by atoms with Gasteiger partial charge in [-0.2, -0.15) is 4.31 Å². The van der Waals surface area contributed by atoms with Crippen molar-refractivity contribution in [1.29, 1.82) is 0 Å². The van der Waals surface area contributed by atoms with Crippen LogP contribution < -0.4 is 4.90 Å². The fourth-order valence-electron chi connectivity index (χ4n) is 4.50. The van der Waals surface area contributed by atoms with E-state index >= 15 is 0 Å². The standard InChI is InChI=1S/C26H34N2O4S/c1-9-26(7,8)28(33(31,32)24-19(5)17(3)14-18(4)20(24)6)22-15-23(29)27(25(22)30)21-12-10-16(2)11-13-21/h10-14,22H,9,15H2,1-8H3.